The first-order valence-corrected chi connectivity index (χ1v) is 7.91. The molecule has 1 fully saturated rings. The van der Waals surface area contributed by atoms with Crippen LogP contribution in [0.5, 0.6) is 5.75 Å². The SMILES string of the molecule is O=C(NC1CC1)c1ccc2nnc(-c3cccc(OC(F)(F)F)c3)n2c1. The summed E-state index contributed by atoms with van der Waals surface area (Å²) in [5, 5.41) is 10.9. The van der Waals surface area contributed by atoms with E-state index in [2.05, 4.69) is 20.3 Å². The van der Waals surface area contributed by atoms with E-state index in [-0.39, 0.29) is 17.7 Å². The van der Waals surface area contributed by atoms with E-state index in [4.69, 9.17) is 0 Å². The third-order valence-corrected chi connectivity index (χ3v) is 3.90. The van der Waals surface area contributed by atoms with Crippen LogP contribution in [-0.2, 0) is 0 Å². The fourth-order valence-corrected chi connectivity index (χ4v) is 2.55. The molecule has 26 heavy (non-hydrogen) atoms. The number of alkyl halides is 3. The minimum atomic E-state index is -4.78. The average Bonchev–Trinajstić information content (AvgIpc) is 3.29. The highest BCUT2D eigenvalue weighted by Crippen LogP contribution is 2.27. The largest absolute Gasteiger partial charge is 0.573 e. The van der Waals surface area contributed by atoms with Gasteiger partial charge in [-0.2, -0.15) is 0 Å². The highest BCUT2D eigenvalue weighted by Gasteiger charge is 2.31. The van der Waals surface area contributed by atoms with Crippen molar-refractivity contribution in [2.45, 2.75) is 25.2 Å². The number of carbonyl (C=O) groups excluding carboxylic acids is 1. The van der Waals surface area contributed by atoms with Gasteiger partial charge in [0, 0.05) is 17.8 Å². The second kappa shape index (κ2) is 6.01. The van der Waals surface area contributed by atoms with Gasteiger partial charge in [0.15, 0.2) is 11.5 Å². The lowest BCUT2D eigenvalue weighted by Crippen LogP contribution is -2.25. The van der Waals surface area contributed by atoms with Crippen LogP contribution in [0.25, 0.3) is 17.0 Å². The molecule has 0 radical (unpaired) electrons. The molecular formula is C17H13F3N4O2. The summed E-state index contributed by atoms with van der Waals surface area (Å²) in [6.45, 7) is 0. The predicted molar refractivity (Wildman–Crippen MR) is 85.6 cm³/mol. The van der Waals surface area contributed by atoms with Crippen molar-refractivity contribution in [2.24, 2.45) is 0 Å². The number of carbonyl (C=O) groups is 1. The van der Waals surface area contributed by atoms with Gasteiger partial charge < -0.3 is 10.1 Å². The number of hydrogen-bond donors (Lipinski definition) is 1. The zero-order valence-electron chi connectivity index (χ0n) is 13.3. The number of hydrogen-bond acceptors (Lipinski definition) is 4. The second-order valence-electron chi connectivity index (χ2n) is 5.99. The molecule has 1 N–H and O–H groups in total. The predicted octanol–water partition coefficient (Wildman–Crippen LogP) is 3.19. The van der Waals surface area contributed by atoms with Crippen LogP contribution in [0.3, 0.4) is 0 Å². The van der Waals surface area contributed by atoms with Gasteiger partial charge in [-0.05, 0) is 37.1 Å². The van der Waals surface area contributed by atoms with E-state index >= 15 is 0 Å². The van der Waals surface area contributed by atoms with Crippen molar-refractivity contribution < 1.29 is 22.7 Å². The van der Waals surface area contributed by atoms with Crippen molar-refractivity contribution in [3.63, 3.8) is 0 Å². The Kier molecular flexibility index (Phi) is 3.78. The summed E-state index contributed by atoms with van der Waals surface area (Å²) < 4.78 is 42.8. The molecule has 2 aromatic heterocycles. The van der Waals surface area contributed by atoms with E-state index in [9.17, 15) is 18.0 Å². The first-order chi connectivity index (χ1) is 12.4. The lowest BCUT2D eigenvalue weighted by molar-refractivity contribution is -0.274. The molecule has 0 bridgehead atoms. The van der Waals surface area contributed by atoms with Gasteiger partial charge in [-0.3, -0.25) is 9.20 Å². The molecule has 0 aliphatic heterocycles. The molecule has 1 aliphatic carbocycles. The van der Waals surface area contributed by atoms with E-state index in [1.807, 2.05) is 0 Å². The summed E-state index contributed by atoms with van der Waals surface area (Å²) in [6, 6.07) is 8.94. The number of fused-ring (bicyclic) bond motifs is 1. The number of nitrogens with zero attached hydrogens (tertiary/aromatic N) is 3. The topological polar surface area (TPSA) is 68.5 Å². The first kappa shape index (κ1) is 16.4. The van der Waals surface area contributed by atoms with Crippen molar-refractivity contribution in [1.29, 1.82) is 0 Å². The zero-order valence-corrected chi connectivity index (χ0v) is 13.3. The van der Waals surface area contributed by atoms with Crippen molar-refractivity contribution in [2.75, 3.05) is 0 Å². The lowest BCUT2D eigenvalue weighted by atomic mass is 10.2. The first-order valence-electron chi connectivity index (χ1n) is 7.91. The van der Waals surface area contributed by atoms with Crippen LogP contribution < -0.4 is 10.1 Å². The number of ether oxygens (including phenoxy) is 1. The fraction of sp³-hybridized carbons (Fsp3) is 0.235. The van der Waals surface area contributed by atoms with Crippen molar-refractivity contribution in [3.8, 4) is 17.1 Å². The Bertz CT molecular complexity index is 980. The Morgan fingerprint density at radius 3 is 2.73 bits per heavy atom. The summed E-state index contributed by atoms with van der Waals surface area (Å²) in [7, 11) is 0. The highest BCUT2D eigenvalue weighted by molar-refractivity contribution is 5.94. The Labute approximate surface area is 145 Å². The standard InChI is InChI=1S/C17H13F3N4O2/c18-17(19,20)26-13-3-1-2-10(8-13)15-23-22-14-7-4-11(9-24(14)15)16(25)21-12-5-6-12/h1-4,7-9,12H,5-6H2,(H,21,25). The van der Waals surface area contributed by atoms with Crippen molar-refractivity contribution >= 4 is 11.6 Å². The van der Waals surface area contributed by atoms with Gasteiger partial charge in [-0.1, -0.05) is 12.1 Å². The van der Waals surface area contributed by atoms with Crippen LogP contribution in [-0.4, -0.2) is 32.9 Å². The number of amides is 1. The molecule has 134 valence electrons. The van der Waals surface area contributed by atoms with Gasteiger partial charge in [0.1, 0.15) is 5.75 Å². The van der Waals surface area contributed by atoms with E-state index in [1.54, 1.807) is 28.8 Å². The number of nitrogens with one attached hydrogen (secondary N) is 1. The second-order valence-corrected chi connectivity index (χ2v) is 5.99. The summed E-state index contributed by atoms with van der Waals surface area (Å²) in [6.07, 6.45) is -1.27. The van der Waals surface area contributed by atoms with Crippen LogP contribution in [0.4, 0.5) is 13.2 Å². The van der Waals surface area contributed by atoms with Crippen LogP contribution in [0.2, 0.25) is 0 Å². The van der Waals surface area contributed by atoms with E-state index in [0.717, 1.165) is 12.8 Å². The molecule has 0 atom stereocenters. The number of aromatic nitrogens is 3. The number of pyridine rings is 1. The van der Waals surface area contributed by atoms with E-state index in [1.165, 1.54) is 18.2 Å². The van der Waals surface area contributed by atoms with Crippen molar-refractivity contribution in [3.05, 3.63) is 48.2 Å². The fourth-order valence-electron chi connectivity index (χ4n) is 2.55. The maximum atomic E-state index is 12.4. The minimum absolute atomic E-state index is 0.205. The van der Waals surface area contributed by atoms with Gasteiger partial charge in [-0.25, -0.2) is 0 Å². The molecule has 2 heterocycles. The molecule has 4 rings (SSSR count). The minimum Gasteiger partial charge on any atom is -0.406 e. The maximum absolute atomic E-state index is 12.4. The molecule has 0 saturated heterocycles. The molecule has 9 heteroatoms. The monoisotopic (exact) mass is 362 g/mol. The summed E-state index contributed by atoms with van der Waals surface area (Å²) in [5.41, 5.74) is 1.29. The molecule has 1 aliphatic rings. The third kappa shape index (κ3) is 3.46. The van der Waals surface area contributed by atoms with Gasteiger partial charge in [0.05, 0.1) is 5.56 Å². The van der Waals surface area contributed by atoms with Crippen molar-refractivity contribution in [1.82, 2.24) is 19.9 Å². The number of rotatable bonds is 4. The Balaban J connectivity index is 1.70. The molecule has 1 saturated carbocycles. The maximum Gasteiger partial charge on any atom is 0.573 e. The third-order valence-electron chi connectivity index (χ3n) is 3.90. The van der Waals surface area contributed by atoms with Gasteiger partial charge in [0.2, 0.25) is 0 Å². The van der Waals surface area contributed by atoms with Crippen LogP contribution in [0.1, 0.15) is 23.2 Å². The Hall–Kier alpha value is -3.10. The normalized spacial score (nSPS) is 14.4. The highest BCUT2D eigenvalue weighted by atomic mass is 19.4. The molecule has 1 amide bonds. The quantitative estimate of drug-likeness (QED) is 0.774. The molecule has 0 spiro atoms. The zero-order chi connectivity index (χ0) is 18.3. The molecular weight excluding hydrogens is 349 g/mol. The van der Waals surface area contributed by atoms with E-state index < -0.39 is 6.36 Å². The summed E-state index contributed by atoms with van der Waals surface area (Å²) in [5.74, 6) is -0.244. The molecule has 0 unspecified atom stereocenters. The van der Waals surface area contributed by atoms with Crippen LogP contribution in [0.15, 0.2) is 42.6 Å². The summed E-state index contributed by atoms with van der Waals surface area (Å²) in [4.78, 5) is 12.2. The van der Waals surface area contributed by atoms with E-state index in [0.29, 0.717) is 22.6 Å². The van der Waals surface area contributed by atoms with Crippen LogP contribution in [0, 0.1) is 0 Å². The van der Waals surface area contributed by atoms with Gasteiger partial charge in [-0.15, -0.1) is 23.4 Å². The average molecular weight is 362 g/mol. The molecule has 6 nitrogen and oxygen atoms in total. The summed E-state index contributed by atoms with van der Waals surface area (Å²) >= 11 is 0. The van der Waals surface area contributed by atoms with Crippen LogP contribution >= 0.6 is 0 Å². The van der Waals surface area contributed by atoms with Gasteiger partial charge in [0.25, 0.3) is 5.91 Å². The molecule has 3 aromatic rings. The van der Waals surface area contributed by atoms with Gasteiger partial charge >= 0.3 is 6.36 Å². The lowest BCUT2D eigenvalue weighted by Gasteiger charge is -2.09. The Morgan fingerprint density at radius 2 is 2.00 bits per heavy atom. The molecule has 1 aromatic carbocycles. The Morgan fingerprint density at radius 1 is 1.19 bits per heavy atom. The number of halogens is 3. The number of benzene rings is 1. The smallest absolute Gasteiger partial charge is 0.406 e.